The Morgan fingerprint density at radius 2 is 1.77 bits per heavy atom. The van der Waals surface area contributed by atoms with Crippen molar-refractivity contribution in [3.05, 3.63) is 35.9 Å². The molecule has 2 aliphatic rings. The average molecular weight is 614 g/mol. The van der Waals surface area contributed by atoms with E-state index in [2.05, 4.69) is 5.32 Å². The van der Waals surface area contributed by atoms with Gasteiger partial charge < -0.3 is 0 Å². The van der Waals surface area contributed by atoms with Gasteiger partial charge in [-0.25, -0.2) is 0 Å². The van der Waals surface area contributed by atoms with Crippen LogP contribution in [0.1, 0.15) is 45.6 Å². The number of ketones is 1. The maximum absolute atomic E-state index is 15.2. The summed E-state index contributed by atoms with van der Waals surface area (Å²) >= 11 is -1.72. The van der Waals surface area contributed by atoms with Gasteiger partial charge in [-0.2, -0.15) is 0 Å². The van der Waals surface area contributed by atoms with Gasteiger partial charge in [0.1, 0.15) is 0 Å². The van der Waals surface area contributed by atoms with Crippen LogP contribution >= 0.6 is 0 Å². The molecule has 0 radical (unpaired) electrons. The van der Waals surface area contributed by atoms with E-state index in [1.165, 1.54) is 9.80 Å². The van der Waals surface area contributed by atoms with Crippen LogP contribution in [0.4, 0.5) is 18.4 Å². The van der Waals surface area contributed by atoms with E-state index in [1.807, 2.05) is 0 Å². The molecule has 0 aliphatic carbocycles. The van der Waals surface area contributed by atoms with Crippen LogP contribution in [-0.4, -0.2) is 105 Å². The molecule has 1 aromatic carbocycles. The first kappa shape index (κ1) is 31.0. The molecule has 2 aliphatic heterocycles. The Hall–Kier alpha value is -2.52. The van der Waals surface area contributed by atoms with Crippen LogP contribution < -0.4 is 5.32 Å². The predicted octanol–water partition coefficient (Wildman–Crippen LogP) is 3.02. The molecule has 0 saturated carbocycles. The number of Topliss-reactive ketones (excluding diaryl/α,β-unsaturated/α-hetero) is 1. The first-order valence-corrected chi connectivity index (χ1v) is 15.4. The van der Waals surface area contributed by atoms with E-state index in [9.17, 15) is 19.2 Å². The van der Waals surface area contributed by atoms with E-state index in [4.69, 9.17) is 9.47 Å². The van der Waals surface area contributed by atoms with Crippen LogP contribution in [0.2, 0.25) is 4.71 Å². The van der Waals surface area contributed by atoms with Crippen LogP contribution in [0.15, 0.2) is 30.3 Å². The summed E-state index contributed by atoms with van der Waals surface area (Å²) in [6.07, 6.45) is -1.15. The van der Waals surface area contributed by atoms with Crippen molar-refractivity contribution in [1.29, 1.82) is 0 Å². The fourth-order valence-electron chi connectivity index (χ4n) is 4.41. The summed E-state index contributed by atoms with van der Waals surface area (Å²) in [6.45, 7) is 6.57. The van der Waals surface area contributed by atoms with Crippen molar-refractivity contribution < 1.29 is 37.4 Å². The third kappa shape index (κ3) is 10.2. The standard InChI is InChI=1S/C27H38AsF2N3O6/c1-26(2,3)39-25(37)33-11-7-10-20(22(34)18-33)28-23(35)21(31-24(36)32-12-14-38-15-13-32)17-27(29,30)16-19-8-5-4-6-9-19/h4-6,8-9,20-21,28H,7,10-18H2,1-3H3,(H,31,36). The van der Waals surface area contributed by atoms with E-state index in [0.29, 0.717) is 51.3 Å². The summed E-state index contributed by atoms with van der Waals surface area (Å²) in [4.78, 5) is 54.5. The Balaban J connectivity index is 1.70. The second-order valence-electron chi connectivity index (χ2n) is 10.9. The molecule has 3 rings (SSSR count). The van der Waals surface area contributed by atoms with Crippen molar-refractivity contribution in [3.63, 3.8) is 0 Å². The number of rotatable bonds is 8. The number of morpholine rings is 1. The van der Waals surface area contributed by atoms with E-state index in [-0.39, 0.29) is 12.3 Å². The minimum atomic E-state index is -3.26. The molecule has 0 aromatic heterocycles. The van der Waals surface area contributed by atoms with Gasteiger partial charge in [0, 0.05) is 0 Å². The Morgan fingerprint density at radius 3 is 2.41 bits per heavy atom. The Kier molecular flexibility index (Phi) is 10.9. The third-order valence-corrected chi connectivity index (χ3v) is 9.69. The molecule has 216 valence electrons. The van der Waals surface area contributed by atoms with Gasteiger partial charge in [0.2, 0.25) is 0 Å². The number of urea groups is 1. The zero-order valence-corrected chi connectivity index (χ0v) is 24.8. The predicted molar refractivity (Wildman–Crippen MR) is 142 cm³/mol. The molecule has 39 heavy (non-hydrogen) atoms. The van der Waals surface area contributed by atoms with Gasteiger partial charge in [0.25, 0.3) is 0 Å². The average Bonchev–Trinajstić information content (AvgIpc) is 3.04. The molecular weight excluding hydrogens is 575 g/mol. The van der Waals surface area contributed by atoms with E-state index in [0.717, 1.165) is 0 Å². The maximum atomic E-state index is 15.2. The van der Waals surface area contributed by atoms with Crippen molar-refractivity contribution in [2.45, 2.75) is 68.7 Å². The molecule has 2 fully saturated rings. The summed E-state index contributed by atoms with van der Waals surface area (Å²) in [7, 11) is 0. The van der Waals surface area contributed by atoms with E-state index >= 15 is 8.78 Å². The van der Waals surface area contributed by atoms with Crippen molar-refractivity contribution in [1.82, 2.24) is 15.1 Å². The number of ether oxygens (including phenoxy) is 2. The van der Waals surface area contributed by atoms with Gasteiger partial charge in [0.05, 0.1) is 0 Å². The van der Waals surface area contributed by atoms with Crippen LogP contribution in [-0.2, 0) is 25.5 Å². The number of nitrogens with one attached hydrogen (secondary N) is 1. The van der Waals surface area contributed by atoms with Gasteiger partial charge in [0.15, 0.2) is 0 Å². The summed E-state index contributed by atoms with van der Waals surface area (Å²) in [6, 6.07) is 6.23. The number of likely N-dealkylation sites (tertiary alicyclic amines) is 1. The molecule has 0 spiro atoms. The topological polar surface area (TPSA) is 105 Å². The van der Waals surface area contributed by atoms with Crippen LogP contribution in [0.25, 0.3) is 0 Å². The molecule has 1 aromatic rings. The second kappa shape index (κ2) is 13.7. The van der Waals surface area contributed by atoms with Crippen molar-refractivity contribution in [2.75, 3.05) is 39.4 Å². The number of hydrogen-bond acceptors (Lipinski definition) is 6. The van der Waals surface area contributed by atoms with Gasteiger partial charge >= 0.3 is 235 Å². The molecule has 3 unspecified atom stereocenters. The Bertz CT molecular complexity index is 1010. The van der Waals surface area contributed by atoms with Crippen LogP contribution in [0.5, 0.6) is 0 Å². The molecule has 3 atom stereocenters. The zero-order valence-electron chi connectivity index (χ0n) is 22.7. The number of halogens is 2. The van der Waals surface area contributed by atoms with E-state index in [1.54, 1.807) is 51.1 Å². The number of hydrogen-bond donors (Lipinski definition) is 1. The van der Waals surface area contributed by atoms with Crippen molar-refractivity contribution >= 4 is 38.2 Å². The van der Waals surface area contributed by atoms with Crippen LogP contribution in [0, 0.1) is 0 Å². The fraction of sp³-hybridized carbons (Fsp3) is 0.630. The van der Waals surface area contributed by atoms with Gasteiger partial charge in [-0.15, -0.1) is 0 Å². The molecule has 2 saturated heterocycles. The molecule has 1 N–H and O–H groups in total. The summed E-state index contributed by atoms with van der Waals surface area (Å²) in [5.74, 6) is -3.53. The summed E-state index contributed by atoms with van der Waals surface area (Å²) < 4.78 is 39.8. The number of amides is 3. The van der Waals surface area contributed by atoms with E-state index < -0.39 is 67.6 Å². The molecule has 0 bridgehead atoms. The number of carbonyl (C=O) groups is 4. The van der Waals surface area contributed by atoms with Crippen molar-refractivity contribution in [3.8, 4) is 0 Å². The number of benzene rings is 1. The molecule has 3 amide bonds. The number of carbonyl (C=O) groups excluding carboxylic acids is 4. The number of nitrogens with zero attached hydrogens (tertiary/aromatic N) is 2. The fourth-order valence-corrected chi connectivity index (χ4v) is 7.18. The summed E-state index contributed by atoms with van der Waals surface area (Å²) in [5, 5.41) is 2.54. The molecular formula is C27H38AsF2N3O6. The van der Waals surface area contributed by atoms with Gasteiger partial charge in [-0.05, 0) is 0 Å². The third-order valence-electron chi connectivity index (χ3n) is 6.35. The number of alkyl halides is 2. The normalized spacial score (nSPS) is 20.0. The monoisotopic (exact) mass is 613 g/mol. The first-order valence-electron chi connectivity index (χ1n) is 13.2. The first-order chi connectivity index (χ1) is 18.3. The molecule has 9 nitrogen and oxygen atoms in total. The minimum absolute atomic E-state index is 0.189. The van der Waals surface area contributed by atoms with Crippen molar-refractivity contribution in [2.24, 2.45) is 0 Å². The quantitative estimate of drug-likeness (QED) is 0.453. The zero-order chi connectivity index (χ0) is 28.6. The molecule has 2 heterocycles. The van der Waals surface area contributed by atoms with Gasteiger partial charge in [-0.1, -0.05) is 0 Å². The summed E-state index contributed by atoms with van der Waals surface area (Å²) in [5.41, 5.74) is -0.294. The second-order valence-corrected chi connectivity index (χ2v) is 14.0. The SMILES string of the molecule is CC(C)(C)OC(=O)N1CCCC([AsH]C(=O)C(CC(F)(F)Cc2ccccc2)NC(=O)N2CCOCC2)C(=O)C1. The Morgan fingerprint density at radius 1 is 1.10 bits per heavy atom. The molecule has 12 heteroatoms. The Labute approximate surface area is 234 Å². The van der Waals surface area contributed by atoms with Gasteiger partial charge in [-0.3, -0.25) is 0 Å². The van der Waals surface area contributed by atoms with Crippen LogP contribution in [0.3, 0.4) is 0 Å².